The van der Waals surface area contributed by atoms with Crippen molar-refractivity contribution in [3.8, 4) is 0 Å². The minimum atomic E-state index is -0.875. The number of rotatable bonds is 47. The Kier molecular flexibility index (Phi) is 43.3. The molecule has 0 spiro atoms. The fraction of sp³-hybridized carbons (Fsp3) is 0.833. The topological polar surface area (TPSA) is 99.1 Å². The maximum atomic E-state index is 12.8. The number of ether oxygens (including phenoxy) is 3. The molecule has 0 aromatic rings. The lowest BCUT2D eigenvalue weighted by molar-refractivity contribution is -0.887. The highest BCUT2D eigenvalue weighted by molar-refractivity contribution is 5.72. The second-order valence-electron chi connectivity index (χ2n) is 18.8. The number of aliphatic carboxylic acids is 1. The van der Waals surface area contributed by atoms with E-state index in [4.69, 9.17) is 14.2 Å². The first-order chi connectivity index (χ1) is 30.1. The van der Waals surface area contributed by atoms with Crippen LogP contribution in [0.3, 0.4) is 0 Å². The standard InChI is InChI=1S/C54H99NO7/c1-6-8-10-12-14-16-18-20-22-24-25-26-27-29-30-32-34-36-38-40-42-44-52(56)61-49-50(48-60-47-46-51(54(58)59)55(3,4)5)62-53(57)45-43-41-39-37-35-33-31-28-23-21-19-17-15-13-11-9-7-2/h15,17,21,23-25,50-51H,6-14,16,18-20,22,26-49H2,1-5H3/p+1/b17-15-,23-21-,25-24-. The predicted molar refractivity (Wildman–Crippen MR) is 261 cm³/mol. The fourth-order valence-electron chi connectivity index (χ4n) is 7.71. The zero-order valence-electron chi connectivity index (χ0n) is 41.3. The molecule has 8 heteroatoms. The maximum absolute atomic E-state index is 12.8. The van der Waals surface area contributed by atoms with Crippen LogP contribution in [0.5, 0.6) is 0 Å². The van der Waals surface area contributed by atoms with E-state index in [1.807, 2.05) is 21.1 Å². The van der Waals surface area contributed by atoms with Crippen molar-refractivity contribution in [3.63, 3.8) is 0 Å². The number of carboxylic acids is 1. The Hall–Kier alpha value is -2.45. The SMILES string of the molecule is CCCCC/C=C\C/C=C\CCCCCCCCCC(=O)OC(COCCC(C(=O)O)[N+](C)(C)C)COC(=O)CCCCCCCCCCC/C=C\CCCCCCCCCC. The zero-order chi connectivity index (χ0) is 45.6. The Labute approximate surface area is 383 Å². The Morgan fingerprint density at radius 1 is 0.484 bits per heavy atom. The zero-order valence-corrected chi connectivity index (χ0v) is 41.3. The van der Waals surface area contributed by atoms with Crippen LogP contribution in [0.2, 0.25) is 0 Å². The summed E-state index contributed by atoms with van der Waals surface area (Å²) in [5.41, 5.74) is 0. The van der Waals surface area contributed by atoms with E-state index in [1.165, 1.54) is 154 Å². The highest BCUT2D eigenvalue weighted by atomic mass is 16.6. The lowest BCUT2D eigenvalue weighted by Crippen LogP contribution is -2.50. The molecule has 8 nitrogen and oxygen atoms in total. The van der Waals surface area contributed by atoms with Crippen molar-refractivity contribution < 1.29 is 38.2 Å². The molecule has 0 rings (SSSR count). The third kappa shape index (κ3) is 42.8. The van der Waals surface area contributed by atoms with Gasteiger partial charge in [0.05, 0.1) is 34.4 Å². The van der Waals surface area contributed by atoms with E-state index in [-0.39, 0.29) is 36.2 Å². The molecular formula is C54H100NO7+. The van der Waals surface area contributed by atoms with Crippen LogP contribution in [0.1, 0.15) is 239 Å². The molecule has 0 aliphatic rings. The number of esters is 2. The second kappa shape index (κ2) is 45.1. The highest BCUT2D eigenvalue weighted by Gasteiger charge is 2.31. The Balaban J connectivity index is 4.23. The van der Waals surface area contributed by atoms with E-state index in [0.717, 1.165) is 51.4 Å². The average molecular weight is 875 g/mol. The molecule has 0 saturated carbocycles. The summed E-state index contributed by atoms with van der Waals surface area (Å²) in [6.07, 6.45) is 53.3. The second-order valence-corrected chi connectivity index (χ2v) is 18.8. The van der Waals surface area contributed by atoms with Crippen LogP contribution in [0.25, 0.3) is 0 Å². The summed E-state index contributed by atoms with van der Waals surface area (Å²) in [6, 6.07) is -0.616. The van der Waals surface area contributed by atoms with E-state index < -0.39 is 18.1 Å². The van der Waals surface area contributed by atoms with Crippen molar-refractivity contribution >= 4 is 17.9 Å². The normalized spacial score (nSPS) is 13.1. The number of unbranched alkanes of at least 4 members (excludes halogenated alkanes) is 27. The summed E-state index contributed by atoms with van der Waals surface area (Å²) >= 11 is 0. The summed E-state index contributed by atoms with van der Waals surface area (Å²) in [5, 5.41) is 9.65. The Morgan fingerprint density at radius 2 is 0.855 bits per heavy atom. The Bertz CT molecular complexity index is 1110. The number of hydrogen-bond acceptors (Lipinski definition) is 6. The van der Waals surface area contributed by atoms with Crippen molar-refractivity contribution in [1.29, 1.82) is 0 Å². The number of hydrogen-bond donors (Lipinski definition) is 1. The molecule has 0 amide bonds. The van der Waals surface area contributed by atoms with Crippen LogP contribution in [0.4, 0.5) is 0 Å². The molecule has 62 heavy (non-hydrogen) atoms. The summed E-state index contributed by atoms with van der Waals surface area (Å²) in [4.78, 5) is 37.2. The van der Waals surface area contributed by atoms with Crippen LogP contribution in [0.15, 0.2) is 36.5 Å². The minimum absolute atomic E-state index is 0.0533. The number of likely N-dealkylation sites (N-methyl/N-ethyl adjacent to an activating group) is 1. The van der Waals surface area contributed by atoms with Gasteiger partial charge in [-0.25, -0.2) is 4.79 Å². The van der Waals surface area contributed by atoms with E-state index in [0.29, 0.717) is 19.3 Å². The van der Waals surface area contributed by atoms with Gasteiger partial charge in [0.1, 0.15) is 6.61 Å². The number of allylic oxidation sites excluding steroid dienone is 6. The van der Waals surface area contributed by atoms with E-state index in [2.05, 4.69) is 50.3 Å². The summed E-state index contributed by atoms with van der Waals surface area (Å²) in [7, 11) is 5.54. The smallest absolute Gasteiger partial charge is 0.362 e. The van der Waals surface area contributed by atoms with Crippen LogP contribution in [-0.2, 0) is 28.6 Å². The minimum Gasteiger partial charge on any atom is -0.477 e. The van der Waals surface area contributed by atoms with Gasteiger partial charge >= 0.3 is 17.9 Å². The van der Waals surface area contributed by atoms with Gasteiger partial charge < -0.3 is 23.8 Å². The molecule has 2 atom stereocenters. The van der Waals surface area contributed by atoms with Gasteiger partial charge in [0.15, 0.2) is 12.1 Å². The maximum Gasteiger partial charge on any atom is 0.362 e. The van der Waals surface area contributed by atoms with Gasteiger partial charge in [-0.05, 0) is 70.6 Å². The summed E-state index contributed by atoms with van der Waals surface area (Å²) in [6.45, 7) is 4.73. The molecule has 0 aliphatic heterocycles. The first-order valence-corrected chi connectivity index (χ1v) is 26.0. The van der Waals surface area contributed by atoms with Gasteiger partial charge in [-0.15, -0.1) is 0 Å². The molecule has 0 aromatic heterocycles. The van der Waals surface area contributed by atoms with Crippen molar-refractivity contribution in [2.75, 3.05) is 41.0 Å². The third-order valence-electron chi connectivity index (χ3n) is 11.8. The number of carbonyl (C=O) groups excluding carboxylic acids is 2. The quantitative estimate of drug-likeness (QED) is 0.0281. The number of carbonyl (C=O) groups is 3. The molecule has 0 aliphatic carbocycles. The third-order valence-corrected chi connectivity index (χ3v) is 11.8. The van der Waals surface area contributed by atoms with Crippen molar-refractivity contribution in [3.05, 3.63) is 36.5 Å². The van der Waals surface area contributed by atoms with E-state index >= 15 is 0 Å². The van der Waals surface area contributed by atoms with Gasteiger partial charge in [-0.1, -0.05) is 185 Å². The van der Waals surface area contributed by atoms with Crippen LogP contribution in [0, 0.1) is 0 Å². The molecule has 0 bridgehead atoms. The average Bonchev–Trinajstić information content (AvgIpc) is 3.23. The molecule has 0 radical (unpaired) electrons. The van der Waals surface area contributed by atoms with Gasteiger partial charge in [-0.3, -0.25) is 9.59 Å². The van der Waals surface area contributed by atoms with Crippen LogP contribution >= 0.6 is 0 Å². The van der Waals surface area contributed by atoms with Crippen LogP contribution in [-0.4, -0.2) is 80.6 Å². The first-order valence-electron chi connectivity index (χ1n) is 26.0. The molecule has 362 valence electrons. The molecule has 0 heterocycles. The van der Waals surface area contributed by atoms with E-state index in [9.17, 15) is 19.5 Å². The van der Waals surface area contributed by atoms with Crippen molar-refractivity contribution in [2.24, 2.45) is 0 Å². The highest BCUT2D eigenvalue weighted by Crippen LogP contribution is 2.15. The number of quaternary nitrogens is 1. The van der Waals surface area contributed by atoms with Gasteiger partial charge in [0.2, 0.25) is 0 Å². The lowest BCUT2D eigenvalue weighted by Gasteiger charge is -2.31. The number of carboxylic acid groups (broad SMARTS) is 1. The summed E-state index contributed by atoms with van der Waals surface area (Å²) < 4.78 is 17.4. The molecular weight excluding hydrogens is 775 g/mol. The fourth-order valence-corrected chi connectivity index (χ4v) is 7.71. The molecule has 0 aromatic carbocycles. The largest absolute Gasteiger partial charge is 0.477 e. The molecule has 1 N–H and O–H groups in total. The van der Waals surface area contributed by atoms with Gasteiger partial charge in [-0.2, -0.15) is 0 Å². The van der Waals surface area contributed by atoms with Crippen LogP contribution < -0.4 is 0 Å². The lowest BCUT2D eigenvalue weighted by atomic mass is 10.1. The molecule has 0 fully saturated rings. The van der Waals surface area contributed by atoms with Gasteiger partial charge in [0.25, 0.3) is 0 Å². The predicted octanol–water partition coefficient (Wildman–Crippen LogP) is 15.0. The monoisotopic (exact) mass is 875 g/mol. The van der Waals surface area contributed by atoms with Crippen molar-refractivity contribution in [2.45, 2.75) is 251 Å². The Morgan fingerprint density at radius 3 is 1.29 bits per heavy atom. The van der Waals surface area contributed by atoms with Gasteiger partial charge in [0, 0.05) is 19.3 Å². The van der Waals surface area contributed by atoms with E-state index in [1.54, 1.807) is 0 Å². The molecule has 0 saturated heterocycles. The number of nitrogens with zero attached hydrogens (tertiary/aromatic N) is 1. The van der Waals surface area contributed by atoms with Crippen molar-refractivity contribution in [1.82, 2.24) is 0 Å². The first kappa shape index (κ1) is 59.5. The molecule has 2 unspecified atom stereocenters. The summed E-state index contributed by atoms with van der Waals surface area (Å²) in [5.74, 6) is -1.47.